The number of thioether (sulfide) groups is 1. The molecule has 1 aromatic carbocycles. The van der Waals surface area contributed by atoms with E-state index in [9.17, 15) is 8.42 Å². The van der Waals surface area contributed by atoms with Crippen LogP contribution in [-0.4, -0.2) is 34.7 Å². The van der Waals surface area contributed by atoms with Crippen LogP contribution in [0.25, 0.3) is 0 Å². The third-order valence-corrected chi connectivity index (χ3v) is 8.51. The molecular weight excluding hydrogens is 390 g/mol. The fourth-order valence-corrected chi connectivity index (χ4v) is 6.72. The molecule has 1 saturated heterocycles. The van der Waals surface area contributed by atoms with Crippen molar-refractivity contribution in [2.24, 2.45) is 13.0 Å². The predicted octanol–water partition coefficient (Wildman–Crippen LogP) is 4.00. The summed E-state index contributed by atoms with van der Waals surface area (Å²) in [6, 6.07) is 4.59. The second-order valence-electron chi connectivity index (χ2n) is 9.06. The van der Waals surface area contributed by atoms with Gasteiger partial charge in [-0.1, -0.05) is 44.7 Å². The molecule has 1 atom stereocenters. The zero-order valence-corrected chi connectivity index (χ0v) is 19.4. The Kier molecular flexibility index (Phi) is 5.97. The molecule has 0 radical (unpaired) electrons. The van der Waals surface area contributed by atoms with Crippen molar-refractivity contribution in [2.75, 3.05) is 11.5 Å². The fraction of sp³-hybridized carbons (Fsp3) is 0.619. The van der Waals surface area contributed by atoms with Gasteiger partial charge in [0, 0.05) is 19.2 Å². The van der Waals surface area contributed by atoms with Crippen LogP contribution in [0.15, 0.2) is 17.3 Å². The Morgan fingerprint density at radius 2 is 1.82 bits per heavy atom. The molecule has 28 heavy (non-hydrogen) atoms. The lowest BCUT2D eigenvalue weighted by molar-refractivity contribution is 0.552. The lowest BCUT2D eigenvalue weighted by Gasteiger charge is -2.22. The molecule has 0 N–H and O–H groups in total. The Morgan fingerprint density at radius 1 is 1.18 bits per heavy atom. The van der Waals surface area contributed by atoms with Gasteiger partial charge in [-0.25, -0.2) is 8.42 Å². The van der Waals surface area contributed by atoms with Crippen molar-refractivity contribution < 1.29 is 8.42 Å². The lowest BCUT2D eigenvalue weighted by atomic mass is 9.84. The van der Waals surface area contributed by atoms with Crippen molar-refractivity contribution in [3.63, 3.8) is 0 Å². The minimum Gasteiger partial charge on any atom is -0.309 e. The van der Waals surface area contributed by atoms with Crippen LogP contribution in [0.5, 0.6) is 0 Å². The van der Waals surface area contributed by atoms with Crippen LogP contribution in [0, 0.1) is 19.8 Å². The zero-order chi connectivity index (χ0) is 20.7. The van der Waals surface area contributed by atoms with Gasteiger partial charge in [0.1, 0.15) is 5.82 Å². The highest BCUT2D eigenvalue weighted by Crippen LogP contribution is 2.31. The van der Waals surface area contributed by atoms with Crippen LogP contribution in [0.1, 0.15) is 55.3 Å². The molecule has 0 amide bonds. The number of aryl methyl sites for hydroxylation is 2. The smallest absolute Gasteiger partial charge is 0.191 e. The first-order valence-corrected chi connectivity index (χ1v) is 12.6. The summed E-state index contributed by atoms with van der Waals surface area (Å²) < 4.78 is 25.4. The molecule has 2 heterocycles. The average Bonchev–Trinajstić information content (AvgIpc) is 3.09. The Balaban J connectivity index is 1.70. The number of rotatable bonds is 5. The molecule has 2 aromatic rings. The molecule has 1 aliphatic heterocycles. The summed E-state index contributed by atoms with van der Waals surface area (Å²) in [4.78, 5) is 0. The standard InChI is InChI=1S/C21H31N3O2S2/c1-14-9-17(21(3,4)5)10-15(2)18(14)12-27-20-23-22-19(24(20)6)11-16-7-8-28(25,26)13-16/h9-10,16H,7-8,11-13H2,1-6H3/t16-/m0/s1. The van der Waals surface area contributed by atoms with Crippen LogP contribution in [0.2, 0.25) is 0 Å². The fourth-order valence-electron chi connectivity index (χ4n) is 3.73. The van der Waals surface area contributed by atoms with E-state index in [0.29, 0.717) is 12.2 Å². The molecule has 0 saturated carbocycles. The van der Waals surface area contributed by atoms with Gasteiger partial charge in [0.05, 0.1) is 11.5 Å². The van der Waals surface area contributed by atoms with Crippen LogP contribution in [0.3, 0.4) is 0 Å². The molecule has 0 unspecified atom stereocenters. The SMILES string of the molecule is Cc1cc(C(C)(C)C)cc(C)c1CSc1nnc(C[C@@H]2CCS(=O)(=O)C2)n1C. The first-order valence-electron chi connectivity index (χ1n) is 9.78. The van der Waals surface area contributed by atoms with E-state index in [1.807, 2.05) is 11.6 Å². The summed E-state index contributed by atoms with van der Waals surface area (Å²) in [5.41, 5.74) is 5.49. The normalized spacial score (nSPS) is 19.3. The predicted molar refractivity (Wildman–Crippen MR) is 116 cm³/mol. The maximum absolute atomic E-state index is 11.7. The second kappa shape index (κ2) is 7.82. The van der Waals surface area contributed by atoms with Crippen LogP contribution >= 0.6 is 11.8 Å². The molecular formula is C21H31N3O2S2. The molecule has 0 bridgehead atoms. The van der Waals surface area contributed by atoms with Crippen LogP contribution in [-0.2, 0) is 34.5 Å². The van der Waals surface area contributed by atoms with Gasteiger partial charge in [0.15, 0.2) is 15.0 Å². The Labute approximate surface area is 173 Å². The van der Waals surface area contributed by atoms with E-state index in [1.165, 1.54) is 22.3 Å². The highest BCUT2D eigenvalue weighted by Gasteiger charge is 2.29. The monoisotopic (exact) mass is 421 g/mol. The Bertz CT molecular complexity index is 949. The number of hydrogen-bond acceptors (Lipinski definition) is 5. The van der Waals surface area contributed by atoms with E-state index in [0.717, 1.165) is 23.2 Å². The summed E-state index contributed by atoms with van der Waals surface area (Å²) in [7, 11) is -0.878. The van der Waals surface area contributed by atoms with E-state index in [1.54, 1.807) is 11.8 Å². The number of sulfone groups is 1. The van der Waals surface area contributed by atoms with Crippen molar-refractivity contribution in [1.29, 1.82) is 0 Å². The minimum absolute atomic E-state index is 0.146. The first kappa shape index (κ1) is 21.4. The number of hydrogen-bond donors (Lipinski definition) is 0. The van der Waals surface area contributed by atoms with Crippen molar-refractivity contribution in [3.8, 4) is 0 Å². The van der Waals surface area contributed by atoms with Crippen molar-refractivity contribution in [1.82, 2.24) is 14.8 Å². The Morgan fingerprint density at radius 3 is 2.36 bits per heavy atom. The van der Waals surface area contributed by atoms with Crippen LogP contribution in [0.4, 0.5) is 0 Å². The summed E-state index contributed by atoms with van der Waals surface area (Å²) >= 11 is 1.69. The number of benzene rings is 1. The highest BCUT2D eigenvalue weighted by molar-refractivity contribution is 7.98. The van der Waals surface area contributed by atoms with E-state index in [-0.39, 0.29) is 17.1 Å². The summed E-state index contributed by atoms with van der Waals surface area (Å²) in [6.07, 6.45) is 1.41. The number of aromatic nitrogens is 3. The maximum Gasteiger partial charge on any atom is 0.191 e. The molecule has 3 rings (SSSR count). The first-order chi connectivity index (χ1) is 13.0. The van der Waals surface area contributed by atoms with Crippen LogP contribution < -0.4 is 0 Å². The van der Waals surface area contributed by atoms with E-state index >= 15 is 0 Å². The van der Waals surface area contributed by atoms with Gasteiger partial charge in [-0.2, -0.15) is 0 Å². The quantitative estimate of drug-likeness (QED) is 0.683. The van der Waals surface area contributed by atoms with Gasteiger partial charge >= 0.3 is 0 Å². The van der Waals surface area contributed by atoms with Gasteiger partial charge in [0.25, 0.3) is 0 Å². The van der Waals surface area contributed by atoms with Gasteiger partial charge in [-0.3, -0.25) is 0 Å². The molecule has 5 nitrogen and oxygen atoms in total. The largest absolute Gasteiger partial charge is 0.309 e. The number of nitrogens with zero attached hydrogens (tertiary/aromatic N) is 3. The maximum atomic E-state index is 11.7. The minimum atomic E-state index is -2.85. The molecule has 1 aromatic heterocycles. The van der Waals surface area contributed by atoms with E-state index in [2.05, 4.69) is 56.9 Å². The summed E-state index contributed by atoms with van der Waals surface area (Å²) in [6.45, 7) is 11.1. The summed E-state index contributed by atoms with van der Waals surface area (Å²) in [5, 5.41) is 9.56. The molecule has 1 aliphatic rings. The molecule has 154 valence electrons. The van der Waals surface area contributed by atoms with Gasteiger partial charge < -0.3 is 4.57 Å². The van der Waals surface area contributed by atoms with Crippen molar-refractivity contribution in [3.05, 3.63) is 40.2 Å². The second-order valence-corrected chi connectivity index (χ2v) is 12.2. The topological polar surface area (TPSA) is 64.8 Å². The van der Waals surface area contributed by atoms with Gasteiger partial charge in [0.2, 0.25) is 0 Å². The third-order valence-electron chi connectivity index (χ3n) is 5.63. The molecule has 0 spiro atoms. The van der Waals surface area contributed by atoms with Crippen molar-refractivity contribution >= 4 is 21.6 Å². The van der Waals surface area contributed by atoms with E-state index in [4.69, 9.17) is 0 Å². The van der Waals surface area contributed by atoms with E-state index < -0.39 is 9.84 Å². The molecule has 1 fully saturated rings. The van der Waals surface area contributed by atoms with Gasteiger partial charge in [-0.15, -0.1) is 10.2 Å². The third kappa shape index (κ3) is 4.79. The Hall–Kier alpha value is -1.34. The zero-order valence-electron chi connectivity index (χ0n) is 17.7. The van der Waals surface area contributed by atoms with Crippen molar-refractivity contribution in [2.45, 2.75) is 63.8 Å². The molecule has 0 aliphatic carbocycles. The average molecular weight is 422 g/mol. The summed E-state index contributed by atoms with van der Waals surface area (Å²) in [5.74, 6) is 2.48. The lowest BCUT2D eigenvalue weighted by Crippen LogP contribution is -2.12. The highest BCUT2D eigenvalue weighted by atomic mass is 32.2. The van der Waals surface area contributed by atoms with Gasteiger partial charge in [-0.05, 0) is 53.9 Å². The molecule has 7 heteroatoms.